The van der Waals surface area contributed by atoms with Crippen LogP contribution in [0.3, 0.4) is 0 Å². The van der Waals surface area contributed by atoms with E-state index in [9.17, 15) is 4.79 Å². The maximum absolute atomic E-state index is 11.0. The van der Waals surface area contributed by atoms with E-state index in [0.29, 0.717) is 34.5 Å². The van der Waals surface area contributed by atoms with E-state index in [1.54, 1.807) is 32.0 Å². The Morgan fingerprint density at radius 2 is 2.12 bits per heavy atom. The molecule has 0 radical (unpaired) electrons. The molecule has 0 aliphatic heterocycles. The number of hydrogen-bond acceptors (Lipinski definition) is 5. The summed E-state index contributed by atoms with van der Waals surface area (Å²) in [7, 11) is 0. The number of nitrogens with zero attached hydrogens (tertiary/aromatic N) is 2. The van der Waals surface area contributed by atoms with Crippen LogP contribution in [0.5, 0.6) is 5.75 Å². The number of halogens is 1. The third-order valence-electron chi connectivity index (χ3n) is 3.55. The fraction of sp³-hybridized carbons (Fsp3) is 0.250. The van der Waals surface area contributed by atoms with Crippen molar-refractivity contribution < 1.29 is 14.6 Å². The van der Waals surface area contributed by atoms with Gasteiger partial charge in [-0.2, -0.15) is 5.10 Å². The molecule has 24 heavy (non-hydrogen) atoms. The van der Waals surface area contributed by atoms with E-state index >= 15 is 0 Å². The highest BCUT2D eigenvalue weighted by Gasteiger charge is 2.19. The van der Waals surface area contributed by atoms with E-state index in [0.717, 1.165) is 5.56 Å². The minimum absolute atomic E-state index is 0.244. The third kappa shape index (κ3) is 3.16. The summed E-state index contributed by atoms with van der Waals surface area (Å²) in [6.45, 7) is 5.67. The second-order valence-corrected chi connectivity index (χ2v) is 5.55. The van der Waals surface area contributed by atoms with Crippen LogP contribution in [0, 0.1) is 6.92 Å². The van der Waals surface area contributed by atoms with Gasteiger partial charge in [0.25, 0.3) is 0 Å². The average molecular weight is 351 g/mol. The van der Waals surface area contributed by atoms with E-state index in [2.05, 4.69) is 5.10 Å². The van der Waals surface area contributed by atoms with Gasteiger partial charge in [-0.1, -0.05) is 17.7 Å². The zero-order valence-electron chi connectivity index (χ0n) is 13.6. The van der Waals surface area contributed by atoms with Crippen molar-refractivity contribution in [3.8, 4) is 16.9 Å². The summed E-state index contributed by atoms with van der Waals surface area (Å²) in [4.78, 5) is 11.0. The molecule has 2 aromatic rings. The lowest BCUT2D eigenvalue weighted by atomic mass is 10.1. The van der Waals surface area contributed by atoms with Gasteiger partial charge >= 0.3 is 5.97 Å². The Morgan fingerprint density at radius 3 is 2.71 bits per heavy atom. The van der Waals surface area contributed by atoms with Crippen molar-refractivity contribution in [2.45, 2.75) is 20.8 Å². The summed E-state index contributed by atoms with van der Waals surface area (Å²) in [5.74, 6) is -0.397. The van der Waals surface area contributed by atoms with Gasteiger partial charge in [0.05, 0.1) is 23.0 Å². The molecule has 0 bridgehead atoms. The molecule has 0 aliphatic rings. The van der Waals surface area contributed by atoms with Gasteiger partial charge in [0.15, 0.2) is 0 Å². The number of benzene rings is 1. The predicted octanol–water partition coefficient (Wildman–Crippen LogP) is 2.72. The molecule has 0 saturated heterocycles. The molecule has 5 N–H and O–H groups in total. The summed E-state index contributed by atoms with van der Waals surface area (Å²) >= 11 is 6.11. The highest BCUT2D eigenvalue weighted by Crippen LogP contribution is 2.36. The first-order valence-corrected chi connectivity index (χ1v) is 7.63. The highest BCUT2D eigenvalue weighted by atomic mass is 35.5. The Hall–Kier alpha value is -2.67. The number of aromatic nitrogens is 2. The van der Waals surface area contributed by atoms with E-state index in [-0.39, 0.29) is 11.4 Å². The molecule has 0 fully saturated rings. The monoisotopic (exact) mass is 350 g/mol. The van der Waals surface area contributed by atoms with Crippen molar-refractivity contribution in [2.24, 2.45) is 5.73 Å². The van der Waals surface area contributed by atoms with E-state index < -0.39 is 5.97 Å². The number of aryl methyl sites for hydroxylation is 1. The van der Waals surface area contributed by atoms with Crippen LogP contribution in [0.1, 0.15) is 19.5 Å². The van der Waals surface area contributed by atoms with Crippen LogP contribution in [0.25, 0.3) is 16.8 Å². The first kappa shape index (κ1) is 17.7. The second kappa shape index (κ2) is 6.84. The maximum atomic E-state index is 11.0. The normalized spacial score (nSPS) is 12.0. The lowest BCUT2D eigenvalue weighted by Crippen LogP contribution is -2.16. The number of carboxylic acid groups (broad SMARTS) is 1. The molecule has 7 nitrogen and oxygen atoms in total. The summed E-state index contributed by atoms with van der Waals surface area (Å²) in [6.07, 6.45) is 0. The minimum Gasteiger partial charge on any atom is -0.492 e. The first-order valence-electron chi connectivity index (χ1n) is 7.25. The van der Waals surface area contributed by atoms with Crippen molar-refractivity contribution in [1.29, 1.82) is 0 Å². The van der Waals surface area contributed by atoms with Crippen LogP contribution >= 0.6 is 11.6 Å². The molecule has 2 rings (SSSR count). The standard InChI is InChI=1S/C16H19ClN4O3/c1-4-24-12-7-10(5-6-11(12)17)13-8(2)20-21(15(13)19)9(3)14(18)16(22)23/h5-7H,4,18-19H2,1-3H3,(H,22,23)/b14-9-. The summed E-state index contributed by atoms with van der Waals surface area (Å²) in [6, 6.07) is 5.29. The number of carboxylic acids is 1. The Labute approximate surface area is 144 Å². The molecule has 1 heterocycles. The van der Waals surface area contributed by atoms with Gasteiger partial charge in [0, 0.05) is 5.56 Å². The first-order chi connectivity index (χ1) is 11.3. The number of carbonyl (C=O) groups is 1. The van der Waals surface area contributed by atoms with Crippen molar-refractivity contribution in [3.63, 3.8) is 0 Å². The highest BCUT2D eigenvalue weighted by molar-refractivity contribution is 6.32. The van der Waals surface area contributed by atoms with Gasteiger partial charge in [-0.3, -0.25) is 0 Å². The molecule has 0 spiro atoms. The van der Waals surface area contributed by atoms with Gasteiger partial charge in [-0.15, -0.1) is 0 Å². The van der Waals surface area contributed by atoms with E-state index in [4.69, 9.17) is 32.9 Å². The van der Waals surface area contributed by atoms with Gasteiger partial charge in [0.1, 0.15) is 17.3 Å². The molecule has 0 unspecified atom stereocenters. The number of allylic oxidation sites excluding steroid dienone is 1. The van der Waals surface area contributed by atoms with Crippen LogP contribution in [-0.2, 0) is 4.79 Å². The largest absolute Gasteiger partial charge is 0.492 e. The number of hydrogen-bond donors (Lipinski definition) is 3. The molecule has 0 atom stereocenters. The van der Waals surface area contributed by atoms with Crippen LogP contribution in [-0.4, -0.2) is 27.5 Å². The summed E-state index contributed by atoms with van der Waals surface area (Å²) < 4.78 is 6.82. The Morgan fingerprint density at radius 1 is 1.46 bits per heavy atom. The summed E-state index contributed by atoms with van der Waals surface area (Å²) in [5, 5.41) is 13.8. The molecule has 128 valence electrons. The fourth-order valence-corrected chi connectivity index (χ4v) is 2.52. The van der Waals surface area contributed by atoms with Gasteiger partial charge in [-0.05, 0) is 38.5 Å². The lowest BCUT2D eigenvalue weighted by molar-refractivity contribution is -0.132. The Kier molecular flexibility index (Phi) is 5.04. The topological polar surface area (TPSA) is 116 Å². The minimum atomic E-state index is -1.23. The van der Waals surface area contributed by atoms with Gasteiger partial charge in [-0.25, -0.2) is 9.48 Å². The van der Waals surface area contributed by atoms with E-state index in [1.165, 1.54) is 4.68 Å². The molecule has 0 aliphatic carbocycles. The van der Waals surface area contributed by atoms with Crippen molar-refractivity contribution in [3.05, 3.63) is 34.6 Å². The zero-order valence-corrected chi connectivity index (χ0v) is 14.4. The van der Waals surface area contributed by atoms with Crippen molar-refractivity contribution >= 4 is 29.1 Å². The lowest BCUT2D eigenvalue weighted by Gasteiger charge is -2.10. The van der Waals surface area contributed by atoms with Crippen LogP contribution in [0.15, 0.2) is 23.9 Å². The van der Waals surface area contributed by atoms with Gasteiger partial charge < -0.3 is 21.3 Å². The molecule has 0 saturated carbocycles. The van der Waals surface area contributed by atoms with Gasteiger partial charge in [0.2, 0.25) is 0 Å². The molecule has 8 heteroatoms. The van der Waals surface area contributed by atoms with Crippen LogP contribution in [0.4, 0.5) is 5.82 Å². The number of ether oxygens (including phenoxy) is 1. The van der Waals surface area contributed by atoms with Crippen LogP contribution < -0.4 is 16.2 Å². The summed E-state index contributed by atoms with van der Waals surface area (Å²) in [5.41, 5.74) is 13.8. The molecular formula is C16H19ClN4O3. The molecule has 0 amide bonds. The molecule has 1 aromatic carbocycles. The number of aliphatic carboxylic acids is 1. The quantitative estimate of drug-likeness (QED) is 0.714. The number of anilines is 1. The van der Waals surface area contributed by atoms with Crippen molar-refractivity contribution in [2.75, 3.05) is 12.3 Å². The third-order valence-corrected chi connectivity index (χ3v) is 3.87. The molecule has 1 aromatic heterocycles. The average Bonchev–Trinajstić information content (AvgIpc) is 2.83. The number of rotatable bonds is 5. The van der Waals surface area contributed by atoms with Crippen molar-refractivity contribution in [1.82, 2.24) is 9.78 Å². The number of nitrogens with two attached hydrogens (primary N) is 2. The predicted molar refractivity (Wildman–Crippen MR) is 93.7 cm³/mol. The molecular weight excluding hydrogens is 332 g/mol. The van der Waals surface area contributed by atoms with Crippen LogP contribution in [0.2, 0.25) is 5.02 Å². The maximum Gasteiger partial charge on any atom is 0.353 e. The smallest absolute Gasteiger partial charge is 0.353 e. The number of nitrogen functional groups attached to an aromatic ring is 1. The SMILES string of the molecule is CCOc1cc(-c2c(C)nn(/C(C)=C(\N)C(=O)O)c2N)ccc1Cl. The fourth-order valence-electron chi connectivity index (χ4n) is 2.35. The van der Waals surface area contributed by atoms with E-state index in [1.807, 2.05) is 6.92 Å². The second-order valence-electron chi connectivity index (χ2n) is 5.14. The zero-order chi connectivity index (χ0) is 18.0. The Balaban J connectivity index is 2.60. The Bertz CT molecular complexity index is 827.